The van der Waals surface area contributed by atoms with Gasteiger partial charge in [0.1, 0.15) is 10.8 Å². The van der Waals surface area contributed by atoms with Crippen LogP contribution in [-0.4, -0.2) is 27.4 Å². The van der Waals surface area contributed by atoms with Crippen molar-refractivity contribution in [1.29, 1.82) is 0 Å². The van der Waals surface area contributed by atoms with E-state index in [4.69, 9.17) is 23.2 Å². The molecular formula is C10H11Cl3N4O. The molecule has 0 aliphatic heterocycles. The van der Waals surface area contributed by atoms with Crippen molar-refractivity contribution in [2.45, 2.75) is 6.42 Å². The number of rotatable bonds is 4. The maximum absolute atomic E-state index is 11.7. The fourth-order valence-electron chi connectivity index (χ4n) is 1.35. The summed E-state index contributed by atoms with van der Waals surface area (Å²) in [5.41, 5.74) is 1.25. The van der Waals surface area contributed by atoms with Gasteiger partial charge in [0.15, 0.2) is 0 Å². The zero-order valence-electron chi connectivity index (χ0n) is 9.17. The number of carbonyl (C=O) groups is 1. The van der Waals surface area contributed by atoms with Crippen molar-refractivity contribution in [2.75, 3.05) is 6.54 Å². The highest BCUT2D eigenvalue weighted by atomic mass is 35.5. The van der Waals surface area contributed by atoms with Crippen LogP contribution in [0.15, 0.2) is 18.6 Å². The van der Waals surface area contributed by atoms with Gasteiger partial charge in [0, 0.05) is 19.2 Å². The van der Waals surface area contributed by atoms with E-state index < -0.39 is 0 Å². The molecule has 98 valence electrons. The molecule has 0 fully saturated rings. The first-order valence-electron chi connectivity index (χ1n) is 4.96. The number of nitrogens with zero attached hydrogens (tertiary/aromatic N) is 1. The highest BCUT2D eigenvalue weighted by Gasteiger charge is 2.10. The molecule has 2 heterocycles. The van der Waals surface area contributed by atoms with Crippen LogP contribution in [0.3, 0.4) is 0 Å². The van der Waals surface area contributed by atoms with Crippen molar-refractivity contribution in [1.82, 2.24) is 20.3 Å². The first-order chi connectivity index (χ1) is 8.16. The van der Waals surface area contributed by atoms with Gasteiger partial charge in [0.2, 0.25) is 0 Å². The molecule has 2 rings (SSSR count). The third-order valence-electron chi connectivity index (χ3n) is 2.19. The van der Waals surface area contributed by atoms with Crippen LogP contribution in [0.2, 0.25) is 10.2 Å². The molecule has 2 aromatic heterocycles. The van der Waals surface area contributed by atoms with Crippen molar-refractivity contribution < 1.29 is 4.79 Å². The molecule has 8 heteroatoms. The first kappa shape index (κ1) is 14.9. The van der Waals surface area contributed by atoms with Crippen LogP contribution in [0.4, 0.5) is 0 Å². The Morgan fingerprint density at radius 1 is 1.44 bits per heavy atom. The van der Waals surface area contributed by atoms with Gasteiger partial charge in [-0.15, -0.1) is 12.4 Å². The quantitative estimate of drug-likeness (QED) is 0.811. The van der Waals surface area contributed by atoms with Crippen LogP contribution in [0.25, 0.3) is 0 Å². The molecule has 0 unspecified atom stereocenters. The Labute approximate surface area is 120 Å². The molecule has 0 bridgehead atoms. The smallest absolute Gasteiger partial charge is 0.267 e. The molecule has 5 nitrogen and oxygen atoms in total. The van der Waals surface area contributed by atoms with E-state index in [-0.39, 0.29) is 23.5 Å². The molecule has 0 aliphatic rings. The van der Waals surface area contributed by atoms with Gasteiger partial charge in [-0.25, -0.2) is 4.98 Å². The largest absolute Gasteiger partial charge is 0.351 e. The van der Waals surface area contributed by atoms with E-state index in [1.54, 1.807) is 12.5 Å². The SMILES string of the molecule is Cl.O=C(NCCc1c[nH]cn1)c1cc(Cl)c(Cl)[nH]1. The Balaban J connectivity index is 0.00000162. The number of aromatic nitrogens is 3. The molecule has 2 aromatic rings. The lowest BCUT2D eigenvalue weighted by Gasteiger charge is -2.01. The third kappa shape index (κ3) is 3.66. The minimum atomic E-state index is -0.241. The summed E-state index contributed by atoms with van der Waals surface area (Å²) >= 11 is 11.4. The number of carbonyl (C=O) groups excluding carboxylic acids is 1. The summed E-state index contributed by atoms with van der Waals surface area (Å²) in [6.45, 7) is 0.498. The predicted molar refractivity (Wildman–Crippen MR) is 72.7 cm³/mol. The molecule has 0 atom stereocenters. The number of H-pyrrole nitrogens is 2. The summed E-state index contributed by atoms with van der Waals surface area (Å²) in [5.74, 6) is -0.241. The first-order valence-corrected chi connectivity index (χ1v) is 5.72. The predicted octanol–water partition coefficient (Wildman–Crippen LogP) is 2.44. The Kier molecular flexibility index (Phi) is 5.53. The Morgan fingerprint density at radius 2 is 2.22 bits per heavy atom. The second kappa shape index (κ2) is 6.68. The van der Waals surface area contributed by atoms with Gasteiger partial charge in [-0.05, 0) is 6.07 Å². The van der Waals surface area contributed by atoms with E-state index in [0.717, 1.165) is 5.69 Å². The maximum atomic E-state index is 11.7. The zero-order chi connectivity index (χ0) is 12.3. The fraction of sp³-hybridized carbons (Fsp3) is 0.200. The molecule has 0 spiro atoms. The second-order valence-corrected chi connectivity index (χ2v) is 4.20. The minimum absolute atomic E-state index is 0. The van der Waals surface area contributed by atoms with Crippen molar-refractivity contribution in [2.24, 2.45) is 0 Å². The molecule has 0 saturated carbocycles. The normalized spacial score (nSPS) is 9.89. The monoisotopic (exact) mass is 308 g/mol. The topological polar surface area (TPSA) is 73.6 Å². The summed E-state index contributed by atoms with van der Waals surface area (Å²) in [7, 11) is 0. The van der Waals surface area contributed by atoms with E-state index >= 15 is 0 Å². The van der Waals surface area contributed by atoms with Crippen LogP contribution in [0.1, 0.15) is 16.2 Å². The molecule has 0 aromatic carbocycles. The average Bonchev–Trinajstić information content (AvgIpc) is 2.90. The zero-order valence-corrected chi connectivity index (χ0v) is 11.5. The number of halogens is 3. The van der Waals surface area contributed by atoms with Crippen LogP contribution >= 0.6 is 35.6 Å². The Bertz CT molecular complexity index is 490. The lowest BCUT2D eigenvalue weighted by molar-refractivity contribution is 0.0949. The van der Waals surface area contributed by atoms with Crippen LogP contribution in [-0.2, 0) is 6.42 Å². The van der Waals surface area contributed by atoms with E-state index in [1.807, 2.05) is 0 Å². The van der Waals surface area contributed by atoms with E-state index in [2.05, 4.69) is 20.3 Å². The van der Waals surface area contributed by atoms with Crippen molar-refractivity contribution in [3.05, 3.63) is 40.2 Å². The standard InChI is InChI=1S/C10H10Cl2N4O.ClH/c11-7-3-8(16-9(7)12)10(17)14-2-1-6-4-13-5-15-6;/h3-5,16H,1-2H2,(H,13,15)(H,14,17);1H. The fourth-order valence-corrected chi connectivity index (χ4v) is 1.67. The Morgan fingerprint density at radius 3 is 2.78 bits per heavy atom. The van der Waals surface area contributed by atoms with Crippen LogP contribution in [0.5, 0.6) is 0 Å². The van der Waals surface area contributed by atoms with Gasteiger partial charge < -0.3 is 15.3 Å². The lowest BCUT2D eigenvalue weighted by atomic mass is 10.3. The van der Waals surface area contributed by atoms with Gasteiger partial charge in [-0.1, -0.05) is 23.2 Å². The van der Waals surface area contributed by atoms with Crippen LogP contribution < -0.4 is 5.32 Å². The van der Waals surface area contributed by atoms with Crippen molar-refractivity contribution >= 4 is 41.5 Å². The van der Waals surface area contributed by atoms with E-state index in [0.29, 0.717) is 23.7 Å². The molecule has 18 heavy (non-hydrogen) atoms. The number of amides is 1. The molecule has 0 aliphatic carbocycles. The molecule has 1 amide bonds. The number of hydrogen-bond donors (Lipinski definition) is 3. The number of imidazole rings is 1. The van der Waals surface area contributed by atoms with E-state index in [9.17, 15) is 4.79 Å². The molecule has 0 saturated heterocycles. The van der Waals surface area contributed by atoms with Gasteiger partial charge in [-0.3, -0.25) is 4.79 Å². The second-order valence-electron chi connectivity index (χ2n) is 3.41. The lowest BCUT2D eigenvalue weighted by Crippen LogP contribution is -2.26. The summed E-state index contributed by atoms with van der Waals surface area (Å²) < 4.78 is 0. The molecular weight excluding hydrogens is 298 g/mol. The average molecular weight is 310 g/mol. The van der Waals surface area contributed by atoms with Gasteiger partial charge in [0.25, 0.3) is 5.91 Å². The van der Waals surface area contributed by atoms with Crippen molar-refractivity contribution in [3.63, 3.8) is 0 Å². The van der Waals surface area contributed by atoms with Crippen molar-refractivity contribution in [3.8, 4) is 0 Å². The summed E-state index contributed by atoms with van der Waals surface area (Å²) in [6.07, 6.45) is 4.05. The number of aromatic amines is 2. The maximum Gasteiger partial charge on any atom is 0.267 e. The molecule has 0 radical (unpaired) electrons. The van der Waals surface area contributed by atoms with Gasteiger partial charge in [0.05, 0.1) is 17.0 Å². The summed E-state index contributed by atoms with van der Waals surface area (Å²) in [5, 5.41) is 3.34. The number of nitrogens with one attached hydrogen (secondary N) is 3. The van der Waals surface area contributed by atoms with E-state index in [1.165, 1.54) is 6.07 Å². The third-order valence-corrected chi connectivity index (χ3v) is 2.88. The van der Waals surface area contributed by atoms with Gasteiger partial charge >= 0.3 is 0 Å². The highest BCUT2D eigenvalue weighted by molar-refractivity contribution is 6.41. The van der Waals surface area contributed by atoms with Crippen LogP contribution in [0, 0.1) is 0 Å². The van der Waals surface area contributed by atoms with Gasteiger partial charge in [-0.2, -0.15) is 0 Å². The molecule has 3 N–H and O–H groups in total. The number of hydrogen-bond acceptors (Lipinski definition) is 2. The summed E-state index contributed by atoms with van der Waals surface area (Å²) in [6, 6.07) is 1.49. The Hall–Kier alpha value is -1.17. The minimum Gasteiger partial charge on any atom is -0.351 e. The highest BCUT2D eigenvalue weighted by Crippen LogP contribution is 2.21. The summed E-state index contributed by atoms with van der Waals surface area (Å²) in [4.78, 5) is 21.2.